The first-order chi connectivity index (χ1) is 12.0. The SMILES string of the molecule is Cc1ccc(-c2cc(C(=O)NCC3(C(N)=O)CCOCC3)on2)cc1. The minimum absolute atomic E-state index is 0.0993. The van der Waals surface area contributed by atoms with E-state index in [0.29, 0.717) is 31.7 Å². The molecule has 1 aromatic carbocycles. The van der Waals surface area contributed by atoms with Gasteiger partial charge in [-0.05, 0) is 19.8 Å². The molecule has 0 unspecified atom stereocenters. The fraction of sp³-hybridized carbons (Fsp3) is 0.389. The van der Waals surface area contributed by atoms with Crippen LogP contribution < -0.4 is 11.1 Å². The first kappa shape index (κ1) is 17.2. The number of nitrogens with zero attached hydrogens (tertiary/aromatic N) is 1. The van der Waals surface area contributed by atoms with Crippen LogP contribution in [0.2, 0.25) is 0 Å². The number of rotatable bonds is 5. The number of carbonyl (C=O) groups is 2. The third kappa shape index (κ3) is 3.71. The van der Waals surface area contributed by atoms with Gasteiger partial charge in [-0.3, -0.25) is 9.59 Å². The summed E-state index contributed by atoms with van der Waals surface area (Å²) >= 11 is 0. The van der Waals surface area contributed by atoms with Crippen molar-refractivity contribution in [3.05, 3.63) is 41.7 Å². The lowest BCUT2D eigenvalue weighted by atomic mass is 9.79. The molecule has 2 amide bonds. The molecule has 3 N–H and O–H groups in total. The molecule has 7 heteroatoms. The molecule has 132 valence electrons. The lowest BCUT2D eigenvalue weighted by Gasteiger charge is -2.34. The number of ether oxygens (including phenoxy) is 1. The normalized spacial score (nSPS) is 16.4. The van der Waals surface area contributed by atoms with Crippen molar-refractivity contribution in [3.63, 3.8) is 0 Å². The van der Waals surface area contributed by atoms with Crippen LogP contribution in [-0.2, 0) is 9.53 Å². The molecule has 0 spiro atoms. The number of nitrogens with two attached hydrogens (primary N) is 1. The highest BCUT2D eigenvalue weighted by Crippen LogP contribution is 2.29. The molecule has 3 rings (SSSR count). The lowest BCUT2D eigenvalue weighted by Crippen LogP contribution is -2.49. The summed E-state index contributed by atoms with van der Waals surface area (Å²) in [7, 11) is 0. The summed E-state index contributed by atoms with van der Waals surface area (Å²) in [4.78, 5) is 24.1. The average molecular weight is 343 g/mol. The lowest BCUT2D eigenvalue weighted by molar-refractivity contribution is -0.132. The van der Waals surface area contributed by atoms with Crippen LogP contribution in [0.25, 0.3) is 11.3 Å². The molecule has 1 saturated heterocycles. The van der Waals surface area contributed by atoms with Crippen LogP contribution in [-0.4, -0.2) is 36.7 Å². The van der Waals surface area contributed by atoms with E-state index in [4.69, 9.17) is 15.0 Å². The Morgan fingerprint density at radius 2 is 1.92 bits per heavy atom. The summed E-state index contributed by atoms with van der Waals surface area (Å²) in [5.74, 6) is -0.741. The largest absolute Gasteiger partial charge is 0.381 e. The standard InChI is InChI=1S/C18H21N3O4/c1-12-2-4-13(5-3-12)14-10-15(25-21-14)16(22)20-11-18(17(19)23)6-8-24-9-7-18/h2-5,10H,6-9,11H2,1H3,(H2,19,23)(H,20,22). The second kappa shape index (κ2) is 7.06. The van der Waals surface area contributed by atoms with Crippen molar-refractivity contribution in [2.24, 2.45) is 11.1 Å². The Labute approximate surface area is 145 Å². The highest BCUT2D eigenvalue weighted by Gasteiger charge is 2.39. The molecule has 0 bridgehead atoms. The maximum atomic E-state index is 12.3. The third-order valence-corrected chi connectivity index (χ3v) is 4.64. The van der Waals surface area contributed by atoms with Gasteiger partial charge in [-0.15, -0.1) is 0 Å². The quantitative estimate of drug-likeness (QED) is 0.858. The van der Waals surface area contributed by atoms with Gasteiger partial charge in [0.2, 0.25) is 11.7 Å². The van der Waals surface area contributed by atoms with E-state index in [1.807, 2.05) is 31.2 Å². The maximum Gasteiger partial charge on any atom is 0.289 e. The predicted molar refractivity (Wildman–Crippen MR) is 90.7 cm³/mol. The summed E-state index contributed by atoms with van der Waals surface area (Å²) in [5, 5.41) is 6.67. The van der Waals surface area contributed by atoms with Gasteiger partial charge in [-0.1, -0.05) is 35.0 Å². The number of hydrogen-bond acceptors (Lipinski definition) is 5. The number of nitrogens with one attached hydrogen (secondary N) is 1. The Kier molecular flexibility index (Phi) is 4.85. The van der Waals surface area contributed by atoms with Gasteiger partial charge >= 0.3 is 0 Å². The number of carbonyl (C=O) groups excluding carboxylic acids is 2. The Bertz CT molecular complexity index is 761. The zero-order chi connectivity index (χ0) is 17.9. The van der Waals surface area contributed by atoms with Gasteiger partial charge in [0, 0.05) is 31.4 Å². The monoisotopic (exact) mass is 343 g/mol. The van der Waals surface area contributed by atoms with Crippen molar-refractivity contribution in [1.82, 2.24) is 10.5 Å². The van der Waals surface area contributed by atoms with Crippen LogP contribution in [0.1, 0.15) is 29.0 Å². The maximum absolute atomic E-state index is 12.3. The third-order valence-electron chi connectivity index (χ3n) is 4.64. The van der Waals surface area contributed by atoms with Crippen LogP contribution in [0.5, 0.6) is 0 Å². The van der Waals surface area contributed by atoms with E-state index in [1.165, 1.54) is 0 Å². The molecule has 7 nitrogen and oxygen atoms in total. The molecule has 0 saturated carbocycles. The molecule has 1 aliphatic heterocycles. The highest BCUT2D eigenvalue weighted by atomic mass is 16.5. The van der Waals surface area contributed by atoms with Gasteiger partial charge in [-0.2, -0.15) is 0 Å². The first-order valence-corrected chi connectivity index (χ1v) is 8.20. The van der Waals surface area contributed by atoms with Crippen molar-refractivity contribution < 1.29 is 18.8 Å². The van der Waals surface area contributed by atoms with Crippen LogP contribution in [0.4, 0.5) is 0 Å². The van der Waals surface area contributed by atoms with Gasteiger partial charge in [0.1, 0.15) is 5.69 Å². The minimum Gasteiger partial charge on any atom is -0.381 e. The zero-order valence-electron chi connectivity index (χ0n) is 14.1. The summed E-state index contributed by atoms with van der Waals surface area (Å²) < 4.78 is 10.4. The Morgan fingerprint density at radius 1 is 1.24 bits per heavy atom. The van der Waals surface area contributed by atoms with Gasteiger partial charge in [0.25, 0.3) is 5.91 Å². The van der Waals surface area contributed by atoms with Crippen molar-refractivity contribution in [2.75, 3.05) is 19.8 Å². The summed E-state index contributed by atoms with van der Waals surface area (Å²) in [6.45, 7) is 3.07. The summed E-state index contributed by atoms with van der Waals surface area (Å²) in [5.41, 5.74) is 7.36. The average Bonchev–Trinajstić information content (AvgIpc) is 3.11. The molecule has 0 aliphatic carbocycles. The molecular formula is C18H21N3O4. The molecule has 0 radical (unpaired) electrons. The van der Waals surface area contributed by atoms with Crippen LogP contribution in [0.3, 0.4) is 0 Å². The van der Waals surface area contributed by atoms with Crippen LogP contribution in [0, 0.1) is 12.3 Å². The minimum atomic E-state index is -0.770. The van der Waals surface area contributed by atoms with Crippen LogP contribution >= 0.6 is 0 Å². The fourth-order valence-corrected chi connectivity index (χ4v) is 2.85. The van der Waals surface area contributed by atoms with Crippen molar-refractivity contribution in [2.45, 2.75) is 19.8 Å². The molecule has 2 aromatic rings. The molecule has 0 atom stereocenters. The van der Waals surface area contributed by atoms with Crippen molar-refractivity contribution >= 4 is 11.8 Å². The zero-order valence-corrected chi connectivity index (χ0v) is 14.1. The van der Waals surface area contributed by atoms with E-state index in [1.54, 1.807) is 6.07 Å². The van der Waals surface area contributed by atoms with Gasteiger partial charge in [0.15, 0.2) is 0 Å². The number of hydrogen-bond donors (Lipinski definition) is 2. The summed E-state index contributed by atoms with van der Waals surface area (Å²) in [6.07, 6.45) is 0.987. The summed E-state index contributed by atoms with van der Waals surface area (Å²) in [6, 6.07) is 9.34. The van der Waals surface area contributed by atoms with Crippen molar-refractivity contribution in [1.29, 1.82) is 0 Å². The number of amides is 2. The van der Waals surface area contributed by atoms with Gasteiger partial charge in [-0.25, -0.2) is 0 Å². The molecule has 1 aromatic heterocycles. The van der Waals surface area contributed by atoms with E-state index >= 15 is 0 Å². The van der Waals surface area contributed by atoms with Gasteiger partial charge in [0.05, 0.1) is 5.41 Å². The molecule has 1 fully saturated rings. The van der Waals surface area contributed by atoms with E-state index in [0.717, 1.165) is 11.1 Å². The molecule has 1 aliphatic rings. The highest BCUT2D eigenvalue weighted by molar-refractivity contribution is 5.93. The first-order valence-electron chi connectivity index (χ1n) is 8.20. The molecule has 25 heavy (non-hydrogen) atoms. The Hall–Kier alpha value is -2.67. The predicted octanol–water partition coefficient (Wildman–Crippen LogP) is 1.66. The van der Waals surface area contributed by atoms with Crippen molar-refractivity contribution in [3.8, 4) is 11.3 Å². The van der Waals surface area contributed by atoms with E-state index in [-0.39, 0.29) is 12.3 Å². The van der Waals surface area contributed by atoms with E-state index in [2.05, 4.69) is 10.5 Å². The topological polar surface area (TPSA) is 107 Å². The molecular weight excluding hydrogens is 322 g/mol. The fourth-order valence-electron chi connectivity index (χ4n) is 2.85. The Balaban J connectivity index is 1.67. The number of aromatic nitrogens is 1. The number of benzene rings is 1. The van der Waals surface area contributed by atoms with Gasteiger partial charge < -0.3 is 20.3 Å². The number of primary amides is 1. The second-order valence-corrected chi connectivity index (χ2v) is 6.38. The van der Waals surface area contributed by atoms with Crippen LogP contribution in [0.15, 0.2) is 34.9 Å². The second-order valence-electron chi connectivity index (χ2n) is 6.38. The van der Waals surface area contributed by atoms with E-state index < -0.39 is 17.2 Å². The smallest absolute Gasteiger partial charge is 0.289 e. The molecule has 2 heterocycles. The van der Waals surface area contributed by atoms with E-state index in [9.17, 15) is 9.59 Å². The Morgan fingerprint density at radius 3 is 2.56 bits per heavy atom. The number of aryl methyl sites for hydroxylation is 1.